The lowest BCUT2D eigenvalue weighted by Crippen LogP contribution is -2.19. The third kappa shape index (κ3) is 3.58. The highest BCUT2D eigenvalue weighted by molar-refractivity contribution is 7.95. The summed E-state index contributed by atoms with van der Waals surface area (Å²) in [4.78, 5) is 10.9. The molecular formula is C16H15NO3S. The summed E-state index contributed by atoms with van der Waals surface area (Å²) in [7, 11) is -3.76. The molecule has 2 aromatic rings. The Kier molecular flexibility index (Phi) is 4.55. The molecule has 0 aliphatic heterocycles. The molecule has 0 atom stereocenters. The highest BCUT2D eigenvalue weighted by atomic mass is 32.2. The van der Waals surface area contributed by atoms with Crippen LogP contribution in [0.25, 0.3) is 6.08 Å². The van der Waals surface area contributed by atoms with E-state index in [-0.39, 0.29) is 9.92 Å². The first-order chi connectivity index (χ1) is 10.0. The van der Waals surface area contributed by atoms with Gasteiger partial charge in [0, 0.05) is 0 Å². The van der Waals surface area contributed by atoms with E-state index in [9.17, 15) is 13.2 Å². The molecule has 4 nitrogen and oxygen atoms in total. The predicted molar refractivity (Wildman–Crippen MR) is 82.0 cm³/mol. The number of hydrogen-bond donors (Lipinski definition) is 1. The number of aryl methyl sites for hydroxylation is 1. The van der Waals surface area contributed by atoms with E-state index in [1.807, 2.05) is 13.0 Å². The summed E-state index contributed by atoms with van der Waals surface area (Å²) < 4.78 is 25.1. The molecular weight excluding hydrogens is 286 g/mol. The van der Waals surface area contributed by atoms with Crippen LogP contribution in [-0.4, -0.2) is 14.8 Å². The lowest BCUT2D eigenvalue weighted by Gasteiger charge is -2.08. The maximum atomic E-state index is 12.5. The Morgan fingerprint density at radius 2 is 1.62 bits per heavy atom. The second-order valence-electron chi connectivity index (χ2n) is 4.50. The van der Waals surface area contributed by atoms with Gasteiger partial charge in [0.1, 0.15) is 5.03 Å². The van der Waals surface area contributed by atoms with Crippen molar-refractivity contribution in [1.29, 1.82) is 0 Å². The second kappa shape index (κ2) is 6.37. The van der Waals surface area contributed by atoms with Gasteiger partial charge in [0.05, 0.1) is 4.90 Å². The van der Waals surface area contributed by atoms with Crippen molar-refractivity contribution in [2.45, 2.75) is 11.8 Å². The van der Waals surface area contributed by atoms with Crippen LogP contribution in [0.2, 0.25) is 0 Å². The topological polar surface area (TPSA) is 63.2 Å². The van der Waals surface area contributed by atoms with Gasteiger partial charge in [0.25, 0.3) is 0 Å². The molecule has 0 heterocycles. The van der Waals surface area contributed by atoms with Gasteiger partial charge in [0.2, 0.25) is 16.2 Å². The van der Waals surface area contributed by atoms with Crippen LogP contribution in [0, 0.1) is 6.92 Å². The first-order valence-corrected chi connectivity index (χ1v) is 7.81. The lowest BCUT2D eigenvalue weighted by molar-refractivity contribution is -0.108. The minimum absolute atomic E-state index is 0.143. The van der Waals surface area contributed by atoms with Crippen LogP contribution in [0.3, 0.4) is 0 Å². The molecule has 0 aromatic heterocycles. The summed E-state index contributed by atoms with van der Waals surface area (Å²) in [5.74, 6) is 0. The smallest absolute Gasteiger partial charge is 0.221 e. The minimum atomic E-state index is -3.76. The Hall–Kier alpha value is -2.40. The van der Waals surface area contributed by atoms with Gasteiger partial charge < -0.3 is 5.32 Å². The van der Waals surface area contributed by atoms with Crippen LogP contribution in [0.1, 0.15) is 11.1 Å². The van der Waals surface area contributed by atoms with Gasteiger partial charge in [-0.3, -0.25) is 4.79 Å². The zero-order chi connectivity index (χ0) is 15.3. The van der Waals surface area contributed by atoms with Gasteiger partial charge in [0.15, 0.2) is 0 Å². The molecule has 108 valence electrons. The van der Waals surface area contributed by atoms with Crippen LogP contribution < -0.4 is 5.32 Å². The normalized spacial score (nSPS) is 12.0. The Morgan fingerprint density at radius 3 is 2.19 bits per heavy atom. The quantitative estimate of drug-likeness (QED) is 0.863. The van der Waals surface area contributed by atoms with Crippen LogP contribution >= 0.6 is 0 Å². The first-order valence-electron chi connectivity index (χ1n) is 6.33. The van der Waals surface area contributed by atoms with Crippen molar-refractivity contribution in [3.8, 4) is 0 Å². The lowest BCUT2D eigenvalue weighted by atomic mass is 10.2. The number of amides is 1. The van der Waals surface area contributed by atoms with Crippen molar-refractivity contribution in [2.24, 2.45) is 0 Å². The average molecular weight is 301 g/mol. The maximum absolute atomic E-state index is 12.5. The molecule has 0 fully saturated rings. The molecule has 0 radical (unpaired) electrons. The van der Waals surface area contributed by atoms with Crippen molar-refractivity contribution >= 4 is 22.3 Å². The number of hydrogen-bond acceptors (Lipinski definition) is 3. The summed E-state index contributed by atoms with van der Waals surface area (Å²) in [5.41, 5.74) is 1.66. The molecule has 0 aliphatic carbocycles. The van der Waals surface area contributed by atoms with E-state index in [2.05, 4.69) is 5.32 Å². The summed E-state index contributed by atoms with van der Waals surface area (Å²) in [5, 5.41) is 2.13. The van der Waals surface area contributed by atoms with Gasteiger partial charge >= 0.3 is 0 Å². The first kappa shape index (κ1) is 15.0. The third-order valence-electron chi connectivity index (χ3n) is 2.92. The van der Waals surface area contributed by atoms with E-state index in [4.69, 9.17) is 0 Å². The molecule has 0 unspecified atom stereocenters. The summed E-state index contributed by atoms with van der Waals surface area (Å²) in [6, 6.07) is 15.4. The third-order valence-corrected chi connectivity index (χ3v) is 4.63. The Balaban J connectivity index is 2.48. The van der Waals surface area contributed by atoms with Gasteiger partial charge in [-0.2, -0.15) is 0 Å². The molecule has 2 aromatic carbocycles. The minimum Gasteiger partial charge on any atom is -0.319 e. The van der Waals surface area contributed by atoms with E-state index in [1.54, 1.807) is 36.4 Å². The molecule has 21 heavy (non-hydrogen) atoms. The van der Waals surface area contributed by atoms with Crippen LogP contribution in [-0.2, 0) is 14.6 Å². The fraction of sp³-hybridized carbons (Fsp3) is 0.0625. The fourth-order valence-corrected chi connectivity index (χ4v) is 3.04. The standard InChI is InChI=1S/C16H15NO3S/c1-13-7-9-15(10-8-13)21(19,20)16(17-12-18)11-14-5-3-2-4-6-14/h2-12H,1H3,(H,17,18)/b16-11-. The van der Waals surface area contributed by atoms with E-state index in [1.165, 1.54) is 18.2 Å². The van der Waals surface area contributed by atoms with Crippen LogP contribution in [0.4, 0.5) is 0 Å². The van der Waals surface area contributed by atoms with Crippen molar-refractivity contribution in [3.63, 3.8) is 0 Å². The van der Waals surface area contributed by atoms with Crippen LogP contribution in [0.15, 0.2) is 64.5 Å². The monoisotopic (exact) mass is 301 g/mol. The molecule has 1 amide bonds. The largest absolute Gasteiger partial charge is 0.319 e. The molecule has 0 aliphatic rings. The van der Waals surface area contributed by atoms with Crippen molar-refractivity contribution < 1.29 is 13.2 Å². The van der Waals surface area contributed by atoms with Crippen molar-refractivity contribution in [3.05, 3.63) is 70.8 Å². The predicted octanol–water partition coefficient (Wildman–Crippen LogP) is 2.51. The highest BCUT2D eigenvalue weighted by Gasteiger charge is 2.20. The maximum Gasteiger partial charge on any atom is 0.221 e. The molecule has 0 saturated carbocycles. The summed E-state index contributed by atoms with van der Waals surface area (Å²) >= 11 is 0. The number of carbonyl (C=O) groups excluding carboxylic acids is 1. The van der Waals surface area contributed by atoms with E-state index < -0.39 is 9.84 Å². The van der Waals surface area contributed by atoms with E-state index in [0.717, 1.165) is 5.56 Å². The van der Waals surface area contributed by atoms with E-state index in [0.29, 0.717) is 12.0 Å². The molecule has 5 heteroatoms. The zero-order valence-corrected chi connectivity index (χ0v) is 12.3. The van der Waals surface area contributed by atoms with Gasteiger partial charge in [-0.25, -0.2) is 8.42 Å². The Morgan fingerprint density at radius 1 is 1.00 bits per heavy atom. The zero-order valence-electron chi connectivity index (χ0n) is 11.5. The number of carbonyl (C=O) groups is 1. The van der Waals surface area contributed by atoms with Gasteiger partial charge in [-0.05, 0) is 30.7 Å². The molecule has 0 spiro atoms. The molecule has 0 saturated heterocycles. The number of rotatable bonds is 5. The Labute approximate surface area is 124 Å². The molecule has 1 N–H and O–H groups in total. The molecule has 0 bridgehead atoms. The number of sulfone groups is 1. The highest BCUT2D eigenvalue weighted by Crippen LogP contribution is 2.20. The molecule has 2 rings (SSSR count). The summed E-state index contributed by atoms with van der Waals surface area (Å²) in [6.45, 7) is 1.88. The number of benzene rings is 2. The van der Waals surface area contributed by atoms with E-state index >= 15 is 0 Å². The van der Waals surface area contributed by atoms with Gasteiger partial charge in [-0.1, -0.05) is 48.0 Å². The fourth-order valence-electron chi connectivity index (χ4n) is 1.80. The summed E-state index contributed by atoms with van der Waals surface area (Å²) in [6.07, 6.45) is 1.80. The van der Waals surface area contributed by atoms with Crippen molar-refractivity contribution in [1.82, 2.24) is 5.32 Å². The van der Waals surface area contributed by atoms with Crippen molar-refractivity contribution in [2.75, 3.05) is 0 Å². The average Bonchev–Trinajstić information content (AvgIpc) is 2.48. The van der Waals surface area contributed by atoms with Crippen LogP contribution in [0.5, 0.6) is 0 Å². The Bertz CT molecular complexity index is 748. The SMILES string of the molecule is Cc1ccc(S(=O)(=O)/C(=C\c2ccccc2)NC=O)cc1. The van der Waals surface area contributed by atoms with Gasteiger partial charge in [-0.15, -0.1) is 0 Å². The number of nitrogens with one attached hydrogen (secondary N) is 1. The second-order valence-corrected chi connectivity index (χ2v) is 6.42.